The Labute approximate surface area is 164 Å². The van der Waals surface area contributed by atoms with Crippen LogP contribution in [0.2, 0.25) is 0 Å². The van der Waals surface area contributed by atoms with Crippen LogP contribution in [0.5, 0.6) is 5.75 Å². The number of carbonyl (C=O) groups is 1. The summed E-state index contributed by atoms with van der Waals surface area (Å²) in [6.07, 6.45) is 3.37. The molecule has 144 valence electrons. The molecule has 2 aromatic carbocycles. The Morgan fingerprint density at radius 3 is 2.75 bits per heavy atom. The number of hydrogen-bond donors (Lipinski definition) is 0. The second-order valence-corrected chi connectivity index (χ2v) is 6.91. The number of ether oxygens (including phenoxy) is 1. The molecule has 1 amide bonds. The van der Waals surface area contributed by atoms with Gasteiger partial charge >= 0.3 is 0 Å². The second-order valence-electron chi connectivity index (χ2n) is 6.91. The van der Waals surface area contributed by atoms with Crippen LogP contribution in [0.15, 0.2) is 59.1 Å². The number of likely N-dealkylation sites (tertiary alicyclic amines) is 1. The molecule has 1 fully saturated rings. The summed E-state index contributed by atoms with van der Waals surface area (Å²) in [7, 11) is 1.65. The van der Waals surface area contributed by atoms with Crippen molar-refractivity contribution in [3.05, 3.63) is 77.4 Å². The summed E-state index contributed by atoms with van der Waals surface area (Å²) in [6, 6.07) is 17.0. The Hall–Kier alpha value is -3.15. The standard InChI is InChI=1S/C22H23N3O3/c1-27-19-13-6-5-11-17(19)15-20-23-21(28-24-20)18-12-7-8-14-25(18)22(26)16-9-3-2-4-10-16/h2-6,9-11,13,18H,7-8,12,14-15H2,1H3/t18-/m1/s1. The maximum absolute atomic E-state index is 13.0. The molecule has 1 saturated heterocycles. The van der Waals surface area contributed by atoms with E-state index < -0.39 is 0 Å². The van der Waals surface area contributed by atoms with Crippen LogP contribution in [0.1, 0.15) is 52.9 Å². The Balaban J connectivity index is 1.55. The van der Waals surface area contributed by atoms with Gasteiger partial charge in [-0.05, 0) is 37.5 Å². The molecule has 0 unspecified atom stereocenters. The van der Waals surface area contributed by atoms with Crippen LogP contribution >= 0.6 is 0 Å². The molecule has 6 heteroatoms. The van der Waals surface area contributed by atoms with E-state index in [1.165, 1.54) is 0 Å². The fourth-order valence-electron chi connectivity index (χ4n) is 3.67. The first-order chi connectivity index (χ1) is 13.8. The van der Waals surface area contributed by atoms with E-state index in [0.717, 1.165) is 30.6 Å². The number of rotatable bonds is 5. The topological polar surface area (TPSA) is 68.5 Å². The summed E-state index contributed by atoms with van der Waals surface area (Å²) >= 11 is 0. The lowest BCUT2D eigenvalue weighted by Gasteiger charge is -2.33. The van der Waals surface area contributed by atoms with Crippen molar-refractivity contribution in [3.63, 3.8) is 0 Å². The van der Waals surface area contributed by atoms with Gasteiger partial charge in [0.2, 0.25) is 5.89 Å². The number of aromatic nitrogens is 2. The summed E-state index contributed by atoms with van der Waals surface area (Å²) in [4.78, 5) is 19.4. The van der Waals surface area contributed by atoms with Crippen LogP contribution in [0.25, 0.3) is 0 Å². The quantitative estimate of drug-likeness (QED) is 0.671. The minimum absolute atomic E-state index is 0.00905. The summed E-state index contributed by atoms with van der Waals surface area (Å²) in [5, 5.41) is 4.15. The molecule has 0 bridgehead atoms. The Morgan fingerprint density at radius 1 is 1.14 bits per heavy atom. The molecule has 2 heterocycles. The van der Waals surface area contributed by atoms with Gasteiger partial charge in [-0.3, -0.25) is 4.79 Å². The molecule has 0 saturated carbocycles. The van der Waals surface area contributed by atoms with Crippen LogP contribution in [0.3, 0.4) is 0 Å². The van der Waals surface area contributed by atoms with Crippen molar-refractivity contribution in [2.45, 2.75) is 31.7 Å². The van der Waals surface area contributed by atoms with Gasteiger partial charge in [-0.1, -0.05) is 41.6 Å². The van der Waals surface area contributed by atoms with Crippen molar-refractivity contribution < 1.29 is 14.1 Å². The van der Waals surface area contributed by atoms with Gasteiger partial charge in [0.1, 0.15) is 11.8 Å². The summed E-state index contributed by atoms with van der Waals surface area (Å²) in [6.45, 7) is 0.697. The summed E-state index contributed by atoms with van der Waals surface area (Å²) < 4.78 is 11.0. The van der Waals surface area contributed by atoms with E-state index in [1.54, 1.807) is 7.11 Å². The zero-order chi connectivity index (χ0) is 19.3. The highest BCUT2D eigenvalue weighted by molar-refractivity contribution is 5.94. The molecule has 1 aliphatic heterocycles. The molecule has 3 aromatic rings. The highest BCUT2D eigenvalue weighted by Gasteiger charge is 2.32. The number of nitrogens with zero attached hydrogens (tertiary/aromatic N) is 3. The number of methoxy groups -OCH3 is 1. The summed E-state index contributed by atoms with van der Waals surface area (Å²) in [5.74, 6) is 1.91. The van der Waals surface area contributed by atoms with Gasteiger partial charge in [0.25, 0.3) is 5.91 Å². The van der Waals surface area contributed by atoms with Gasteiger partial charge in [0.15, 0.2) is 5.82 Å². The maximum atomic E-state index is 13.0. The molecular weight excluding hydrogens is 354 g/mol. The van der Waals surface area contributed by atoms with Crippen molar-refractivity contribution in [1.82, 2.24) is 15.0 Å². The normalized spacial score (nSPS) is 16.8. The number of carbonyl (C=O) groups excluding carboxylic acids is 1. The average Bonchev–Trinajstić information content (AvgIpc) is 3.22. The molecule has 1 atom stereocenters. The Morgan fingerprint density at radius 2 is 1.93 bits per heavy atom. The van der Waals surface area contributed by atoms with Crippen molar-refractivity contribution in [2.24, 2.45) is 0 Å². The van der Waals surface area contributed by atoms with Gasteiger partial charge in [-0.2, -0.15) is 4.98 Å². The first-order valence-electron chi connectivity index (χ1n) is 9.56. The molecule has 1 aromatic heterocycles. The minimum atomic E-state index is -0.180. The smallest absolute Gasteiger partial charge is 0.254 e. The molecule has 0 radical (unpaired) electrons. The zero-order valence-electron chi connectivity index (χ0n) is 15.9. The number of amides is 1. The number of piperidine rings is 1. The lowest BCUT2D eigenvalue weighted by atomic mass is 10.0. The van der Waals surface area contributed by atoms with Crippen molar-refractivity contribution in [1.29, 1.82) is 0 Å². The number of hydrogen-bond acceptors (Lipinski definition) is 5. The lowest BCUT2D eigenvalue weighted by molar-refractivity contribution is 0.0561. The van der Waals surface area contributed by atoms with E-state index in [4.69, 9.17) is 9.26 Å². The van der Waals surface area contributed by atoms with Gasteiger partial charge in [0, 0.05) is 24.1 Å². The average molecular weight is 377 g/mol. The van der Waals surface area contributed by atoms with E-state index in [0.29, 0.717) is 30.2 Å². The molecular formula is C22H23N3O3. The van der Waals surface area contributed by atoms with Crippen LogP contribution in [-0.2, 0) is 6.42 Å². The molecule has 1 aliphatic rings. The largest absolute Gasteiger partial charge is 0.496 e. The minimum Gasteiger partial charge on any atom is -0.496 e. The van der Waals surface area contributed by atoms with E-state index in [9.17, 15) is 4.79 Å². The van der Waals surface area contributed by atoms with Crippen molar-refractivity contribution >= 4 is 5.91 Å². The monoisotopic (exact) mass is 377 g/mol. The molecule has 0 N–H and O–H groups in total. The van der Waals surface area contributed by atoms with E-state index in [-0.39, 0.29) is 11.9 Å². The molecule has 4 rings (SSSR count). The van der Waals surface area contributed by atoms with Crippen LogP contribution < -0.4 is 4.74 Å². The van der Waals surface area contributed by atoms with Crippen molar-refractivity contribution in [2.75, 3.05) is 13.7 Å². The van der Waals surface area contributed by atoms with Crippen LogP contribution in [0.4, 0.5) is 0 Å². The lowest BCUT2D eigenvalue weighted by Crippen LogP contribution is -2.38. The van der Waals surface area contributed by atoms with Gasteiger partial charge in [-0.15, -0.1) is 0 Å². The van der Waals surface area contributed by atoms with E-state index in [2.05, 4.69) is 10.1 Å². The van der Waals surface area contributed by atoms with Gasteiger partial charge in [0.05, 0.1) is 7.11 Å². The fourth-order valence-corrected chi connectivity index (χ4v) is 3.67. The Bertz CT molecular complexity index is 939. The molecule has 28 heavy (non-hydrogen) atoms. The predicted molar refractivity (Wildman–Crippen MR) is 104 cm³/mol. The Kier molecular flexibility index (Phi) is 5.37. The van der Waals surface area contributed by atoms with Crippen LogP contribution in [-0.4, -0.2) is 34.6 Å². The highest BCUT2D eigenvalue weighted by Crippen LogP contribution is 2.31. The van der Waals surface area contributed by atoms with E-state index in [1.807, 2.05) is 59.5 Å². The third-order valence-corrected chi connectivity index (χ3v) is 5.09. The highest BCUT2D eigenvalue weighted by atomic mass is 16.5. The first-order valence-corrected chi connectivity index (χ1v) is 9.56. The summed E-state index contributed by atoms with van der Waals surface area (Å²) in [5.41, 5.74) is 1.68. The van der Waals surface area contributed by atoms with Crippen LogP contribution in [0, 0.1) is 0 Å². The maximum Gasteiger partial charge on any atom is 0.254 e. The van der Waals surface area contributed by atoms with Gasteiger partial charge in [-0.25, -0.2) is 0 Å². The third-order valence-electron chi connectivity index (χ3n) is 5.09. The van der Waals surface area contributed by atoms with E-state index >= 15 is 0 Å². The third kappa shape index (κ3) is 3.76. The van der Waals surface area contributed by atoms with Crippen molar-refractivity contribution in [3.8, 4) is 5.75 Å². The van der Waals surface area contributed by atoms with Gasteiger partial charge < -0.3 is 14.2 Å². The number of para-hydroxylation sites is 1. The SMILES string of the molecule is COc1ccccc1Cc1noc([C@H]2CCCCN2C(=O)c2ccccc2)n1. The fraction of sp³-hybridized carbons (Fsp3) is 0.318. The second kappa shape index (κ2) is 8.25. The molecule has 0 spiro atoms. The zero-order valence-corrected chi connectivity index (χ0v) is 15.9. The molecule has 6 nitrogen and oxygen atoms in total. The molecule has 0 aliphatic carbocycles. The predicted octanol–water partition coefficient (Wildman–Crippen LogP) is 4.04. The number of benzene rings is 2. The first kappa shape index (κ1) is 18.2.